The van der Waals surface area contributed by atoms with Crippen molar-refractivity contribution in [2.24, 2.45) is 0 Å². The fraction of sp³-hybridized carbons (Fsp3) is 0.250. The van der Waals surface area contributed by atoms with Crippen LogP contribution in [-0.2, 0) is 6.42 Å². The van der Waals surface area contributed by atoms with E-state index in [9.17, 15) is 15.3 Å². The Balaban J connectivity index is 2.00. The van der Waals surface area contributed by atoms with Gasteiger partial charge in [-0.25, -0.2) is 0 Å². The van der Waals surface area contributed by atoms with Crippen molar-refractivity contribution in [3.8, 4) is 28.7 Å². The highest BCUT2D eigenvalue weighted by Crippen LogP contribution is 2.45. The Kier molecular flexibility index (Phi) is 3.25. The molecule has 5 nitrogen and oxygen atoms in total. The average molecular weight is 288 g/mol. The molecule has 0 radical (unpaired) electrons. The maximum Gasteiger partial charge on any atom is 0.131 e. The summed E-state index contributed by atoms with van der Waals surface area (Å²) >= 11 is 0. The van der Waals surface area contributed by atoms with Gasteiger partial charge in [-0.3, -0.25) is 0 Å². The molecule has 0 spiro atoms. The molecule has 1 heterocycles. The van der Waals surface area contributed by atoms with Crippen LogP contribution in [0, 0.1) is 0 Å². The minimum atomic E-state index is -0.467. The molecule has 0 amide bonds. The van der Waals surface area contributed by atoms with Crippen molar-refractivity contribution in [2.75, 3.05) is 7.11 Å². The summed E-state index contributed by atoms with van der Waals surface area (Å²) in [6, 6.07) is 7.65. The number of methoxy groups -OCH3 is 1. The van der Waals surface area contributed by atoms with Gasteiger partial charge in [0, 0.05) is 17.7 Å². The van der Waals surface area contributed by atoms with Crippen LogP contribution in [0.4, 0.5) is 0 Å². The quantitative estimate of drug-likeness (QED) is 0.792. The molecule has 0 unspecified atom stereocenters. The number of phenols is 3. The maximum atomic E-state index is 9.93. The van der Waals surface area contributed by atoms with E-state index in [2.05, 4.69) is 0 Å². The van der Waals surface area contributed by atoms with E-state index in [4.69, 9.17) is 9.47 Å². The van der Waals surface area contributed by atoms with E-state index >= 15 is 0 Å². The van der Waals surface area contributed by atoms with Crippen LogP contribution in [0.15, 0.2) is 30.3 Å². The summed E-state index contributed by atoms with van der Waals surface area (Å²) in [5, 5.41) is 29.6. The lowest BCUT2D eigenvalue weighted by Gasteiger charge is -2.28. The topological polar surface area (TPSA) is 79.2 Å². The molecule has 0 saturated carbocycles. The van der Waals surface area contributed by atoms with Gasteiger partial charge in [-0.15, -0.1) is 0 Å². The van der Waals surface area contributed by atoms with Crippen molar-refractivity contribution < 1.29 is 24.8 Å². The molecule has 5 heteroatoms. The summed E-state index contributed by atoms with van der Waals surface area (Å²) in [5.74, 6) is 1.12. The van der Waals surface area contributed by atoms with Crippen LogP contribution < -0.4 is 9.47 Å². The monoisotopic (exact) mass is 288 g/mol. The van der Waals surface area contributed by atoms with Gasteiger partial charge in [0.05, 0.1) is 12.7 Å². The molecular formula is C16H16O5. The smallest absolute Gasteiger partial charge is 0.131 e. The fourth-order valence-electron chi connectivity index (χ4n) is 2.70. The van der Waals surface area contributed by atoms with Crippen molar-refractivity contribution >= 4 is 0 Å². The SMILES string of the molecule is COc1cc(O)cc2c1CC[C@@H](c1c(O)cccc1O)O2. The lowest BCUT2D eigenvalue weighted by atomic mass is 9.95. The Morgan fingerprint density at radius 2 is 1.86 bits per heavy atom. The molecule has 3 rings (SSSR count). The van der Waals surface area contributed by atoms with Crippen molar-refractivity contribution in [1.82, 2.24) is 0 Å². The molecule has 0 aromatic heterocycles. The van der Waals surface area contributed by atoms with Crippen molar-refractivity contribution in [1.29, 1.82) is 0 Å². The minimum Gasteiger partial charge on any atom is -0.508 e. The zero-order valence-corrected chi connectivity index (χ0v) is 11.5. The maximum absolute atomic E-state index is 9.93. The first-order valence-corrected chi connectivity index (χ1v) is 6.67. The van der Waals surface area contributed by atoms with Crippen LogP contribution in [0.2, 0.25) is 0 Å². The van der Waals surface area contributed by atoms with Gasteiger partial charge in [0.25, 0.3) is 0 Å². The first-order valence-electron chi connectivity index (χ1n) is 6.67. The molecule has 3 N–H and O–H groups in total. The van der Waals surface area contributed by atoms with E-state index in [1.54, 1.807) is 12.1 Å². The van der Waals surface area contributed by atoms with E-state index < -0.39 is 6.10 Å². The van der Waals surface area contributed by atoms with E-state index in [1.807, 2.05) is 0 Å². The predicted octanol–water partition coefficient (Wildman–Crippen LogP) is 2.88. The summed E-state index contributed by atoms with van der Waals surface area (Å²) in [7, 11) is 1.54. The number of ether oxygens (including phenoxy) is 2. The number of hydrogen-bond donors (Lipinski definition) is 3. The van der Waals surface area contributed by atoms with Crippen LogP contribution >= 0.6 is 0 Å². The Bertz CT molecular complexity index is 660. The molecule has 1 aliphatic heterocycles. The molecular weight excluding hydrogens is 272 g/mol. The van der Waals surface area contributed by atoms with E-state index in [-0.39, 0.29) is 17.2 Å². The standard InChI is InChI=1S/C16H16O5/c1-20-14-7-9(17)8-15-10(14)5-6-13(21-15)16-11(18)3-2-4-12(16)19/h2-4,7-8,13,17-19H,5-6H2,1H3/t13-/m0/s1. The Morgan fingerprint density at radius 3 is 2.52 bits per heavy atom. The summed E-state index contributed by atoms with van der Waals surface area (Å²) in [6.07, 6.45) is 0.793. The third kappa shape index (κ3) is 2.31. The summed E-state index contributed by atoms with van der Waals surface area (Å²) in [6.45, 7) is 0. The van der Waals surface area contributed by atoms with Gasteiger partial charge in [0.2, 0.25) is 0 Å². The normalized spacial score (nSPS) is 16.9. The predicted molar refractivity (Wildman–Crippen MR) is 76.1 cm³/mol. The zero-order chi connectivity index (χ0) is 15.0. The van der Waals surface area contributed by atoms with Crippen LogP contribution in [-0.4, -0.2) is 22.4 Å². The van der Waals surface area contributed by atoms with Crippen molar-refractivity contribution in [2.45, 2.75) is 18.9 Å². The van der Waals surface area contributed by atoms with Crippen LogP contribution in [0.3, 0.4) is 0 Å². The Labute approximate surface area is 122 Å². The molecule has 1 aliphatic rings. The van der Waals surface area contributed by atoms with Gasteiger partial charge < -0.3 is 24.8 Å². The van der Waals surface area contributed by atoms with Gasteiger partial charge in [0.1, 0.15) is 34.9 Å². The largest absolute Gasteiger partial charge is 0.508 e. The third-order valence-electron chi connectivity index (χ3n) is 3.68. The number of aromatic hydroxyl groups is 3. The van der Waals surface area contributed by atoms with Crippen LogP contribution in [0.5, 0.6) is 28.7 Å². The molecule has 0 fully saturated rings. The lowest BCUT2D eigenvalue weighted by Crippen LogP contribution is -2.16. The van der Waals surface area contributed by atoms with Crippen LogP contribution in [0.1, 0.15) is 23.7 Å². The molecule has 110 valence electrons. The average Bonchev–Trinajstić information content (AvgIpc) is 2.45. The number of hydrogen-bond acceptors (Lipinski definition) is 5. The molecule has 0 bridgehead atoms. The van der Waals surface area contributed by atoms with Gasteiger partial charge in [0.15, 0.2) is 0 Å². The third-order valence-corrected chi connectivity index (χ3v) is 3.68. The highest BCUT2D eigenvalue weighted by molar-refractivity contribution is 5.53. The van der Waals surface area contributed by atoms with Crippen molar-refractivity contribution in [3.63, 3.8) is 0 Å². The summed E-state index contributed by atoms with van der Waals surface area (Å²) < 4.78 is 11.1. The van der Waals surface area contributed by atoms with Gasteiger partial charge in [-0.2, -0.15) is 0 Å². The summed E-state index contributed by atoms with van der Waals surface area (Å²) in [5.41, 5.74) is 1.24. The zero-order valence-electron chi connectivity index (χ0n) is 11.5. The molecule has 21 heavy (non-hydrogen) atoms. The number of rotatable bonds is 2. The fourth-order valence-corrected chi connectivity index (χ4v) is 2.70. The molecule has 0 aliphatic carbocycles. The Hall–Kier alpha value is -2.56. The number of benzene rings is 2. The van der Waals surface area contributed by atoms with E-state index in [0.29, 0.717) is 29.9 Å². The Morgan fingerprint density at radius 1 is 1.14 bits per heavy atom. The number of fused-ring (bicyclic) bond motifs is 1. The first-order chi connectivity index (χ1) is 10.1. The van der Waals surface area contributed by atoms with Crippen LogP contribution in [0.25, 0.3) is 0 Å². The molecule has 2 aromatic rings. The van der Waals surface area contributed by atoms with Gasteiger partial charge in [-0.05, 0) is 25.0 Å². The molecule has 1 atom stereocenters. The second-order valence-corrected chi connectivity index (χ2v) is 4.98. The second kappa shape index (κ2) is 5.09. The second-order valence-electron chi connectivity index (χ2n) is 4.98. The highest BCUT2D eigenvalue weighted by Gasteiger charge is 2.28. The molecule has 0 saturated heterocycles. The van der Waals surface area contributed by atoms with E-state index in [0.717, 1.165) is 5.56 Å². The lowest BCUT2D eigenvalue weighted by molar-refractivity contribution is 0.166. The first kappa shape index (κ1) is 13.4. The van der Waals surface area contributed by atoms with Gasteiger partial charge in [-0.1, -0.05) is 6.07 Å². The van der Waals surface area contributed by atoms with Crippen molar-refractivity contribution in [3.05, 3.63) is 41.5 Å². The molecule has 2 aromatic carbocycles. The minimum absolute atomic E-state index is 0.00410. The van der Waals surface area contributed by atoms with Gasteiger partial charge >= 0.3 is 0 Å². The number of phenolic OH excluding ortho intramolecular Hbond substituents is 3. The van der Waals surface area contributed by atoms with E-state index in [1.165, 1.54) is 25.3 Å². The summed E-state index contributed by atoms with van der Waals surface area (Å²) in [4.78, 5) is 0. The highest BCUT2D eigenvalue weighted by atomic mass is 16.5.